The van der Waals surface area contributed by atoms with Gasteiger partial charge in [-0.05, 0) is 25.3 Å². The first-order valence-corrected chi connectivity index (χ1v) is 7.97. The second-order valence-electron chi connectivity index (χ2n) is 5.98. The number of imidazole rings is 1. The van der Waals surface area contributed by atoms with E-state index in [1.807, 2.05) is 31.3 Å². The molecular weight excluding hydrogens is 286 g/mol. The molecule has 0 bridgehead atoms. The first-order chi connectivity index (χ1) is 11.3. The van der Waals surface area contributed by atoms with Gasteiger partial charge in [0.1, 0.15) is 17.5 Å². The van der Waals surface area contributed by atoms with Crippen molar-refractivity contribution in [2.75, 3.05) is 5.32 Å². The molecule has 116 valence electrons. The highest BCUT2D eigenvalue weighted by Gasteiger charge is 2.27. The average Bonchev–Trinajstić information content (AvgIpc) is 3.28. The van der Waals surface area contributed by atoms with Gasteiger partial charge in [0.25, 0.3) is 0 Å². The Labute approximate surface area is 135 Å². The van der Waals surface area contributed by atoms with E-state index < -0.39 is 0 Å². The van der Waals surface area contributed by atoms with E-state index >= 15 is 0 Å². The molecule has 5 heteroatoms. The summed E-state index contributed by atoms with van der Waals surface area (Å²) in [6, 6.07) is 10.3. The van der Waals surface area contributed by atoms with E-state index in [2.05, 4.69) is 37.4 Å². The summed E-state index contributed by atoms with van der Waals surface area (Å²) in [6.45, 7) is 2.73. The number of aromatic nitrogens is 4. The van der Waals surface area contributed by atoms with Crippen LogP contribution in [-0.4, -0.2) is 19.9 Å². The first kappa shape index (κ1) is 13.9. The van der Waals surface area contributed by atoms with E-state index in [-0.39, 0.29) is 0 Å². The lowest BCUT2D eigenvalue weighted by Crippen LogP contribution is -2.06. The largest absolute Gasteiger partial charge is 0.366 e. The highest BCUT2D eigenvalue weighted by molar-refractivity contribution is 5.60. The van der Waals surface area contributed by atoms with Gasteiger partial charge in [0, 0.05) is 42.2 Å². The van der Waals surface area contributed by atoms with Gasteiger partial charge in [-0.2, -0.15) is 0 Å². The summed E-state index contributed by atoms with van der Waals surface area (Å²) in [5.74, 6) is 3.33. The molecule has 0 unspecified atom stereocenters. The number of hydrogen-bond donors (Lipinski definition) is 2. The highest BCUT2D eigenvalue weighted by Crippen LogP contribution is 2.38. The molecule has 4 rings (SSSR count). The number of benzene rings is 1. The third kappa shape index (κ3) is 3.08. The lowest BCUT2D eigenvalue weighted by atomic mass is 10.1. The van der Waals surface area contributed by atoms with E-state index in [1.54, 1.807) is 6.20 Å². The molecule has 0 atom stereocenters. The van der Waals surface area contributed by atoms with Crippen LogP contribution in [0.2, 0.25) is 0 Å². The number of aryl methyl sites for hydroxylation is 1. The second kappa shape index (κ2) is 5.83. The number of anilines is 1. The van der Waals surface area contributed by atoms with Crippen LogP contribution in [0, 0.1) is 6.92 Å². The zero-order chi connectivity index (χ0) is 15.6. The summed E-state index contributed by atoms with van der Waals surface area (Å²) in [4.78, 5) is 16.7. The zero-order valence-corrected chi connectivity index (χ0v) is 13.1. The number of rotatable bonds is 5. The fourth-order valence-corrected chi connectivity index (χ4v) is 2.71. The predicted octanol–water partition coefficient (Wildman–Crippen LogP) is 3.66. The van der Waals surface area contributed by atoms with E-state index in [0.717, 1.165) is 28.7 Å². The molecule has 2 heterocycles. The van der Waals surface area contributed by atoms with Crippen molar-refractivity contribution in [3.8, 4) is 11.4 Å². The lowest BCUT2D eigenvalue weighted by Gasteiger charge is -2.11. The monoisotopic (exact) mass is 305 g/mol. The van der Waals surface area contributed by atoms with Crippen LogP contribution < -0.4 is 5.32 Å². The number of aromatic amines is 1. The van der Waals surface area contributed by atoms with Gasteiger partial charge in [0.2, 0.25) is 0 Å². The third-order valence-corrected chi connectivity index (χ3v) is 4.04. The molecule has 0 spiro atoms. The van der Waals surface area contributed by atoms with Gasteiger partial charge in [-0.3, -0.25) is 0 Å². The topological polar surface area (TPSA) is 66.5 Å². The van der Waals surface area contributed by atoms with Crippen LogP contribution >= 0.6 is 0 Å². The molecule has 0 amide bonds. The standard InChI is InChI=1S/C18H19N5/c1-12-10-16(23-17(22-12)13-6-7-13)21-11-14-4-2-3-5-15(14)18-19-8-9-20-18/h2-5,8-10,13H,6-7,11H2,1H3,(H,19,20)(H,21,22,23). The van der Waals surface area contributed by atoms with Crippen molar-refractivity contribution in [2.45, 2.75) is 32.2 Å². The van der Waals surface area contributed by atoms with Gasteiger partial charge < -0.3 is 10.3 Å². The summed E-state index contributed by atoms with van der Waals surface area (Å²) in [6.07, 6.45) is 6.04. The van der Waals surface area contributed by atoms with E-state index in [4.69, 9.17) is 0 Å². The Morgan fingerprint density at radius 3 is 2.87 bits per heavy atom. The third-order valence-electron chi connectivity index (χ3n) is 4.04. The van der Waals surface area contributed by atoms with Crippen LogP contribution in [0.3, 0.4) is 0 Å². The van der Waals surface area contributed by atoms with Crippen LogP contribution in [0.25, 0.3) is 11.4 Å². The Balaban J connectivity index is 1.56. The molecule has 0 aliphatic heterocycles. The Kier molecular flexibility index (Phi) is 3.54. The summed E-state index contributed by atoms with van der Waals surface area (Å²) in [5, 5.41) is 3.43. The van der Waals surface area contributed by atoms with Crippen molar-refractivity contribution in [3.63, 3.8) is 0 Å². The minimum absolute atomic E-state index is 0.561. The Bertz CT molecular complexity index is 806. The maximum Gasteiger partial charge on any atom is 0.137 e. The smallest absolute Gasteiger partial charge is 0.137 e. The number of nitrogens with zero attached hydrogens (tertiary/aromatic N) is 3. The van der Waals surface area contributed by atoms with E-state index in [0.29, 0.717) is 12.5 Å². The fourth-order valence-electron chi connectivity index (χ4n) is 2.71. The molecule has 1 saturated carbocycles. The fraction of sp³-hybridized carbons (Fsp3) is 0.278. The molecule has 5 nitrogen and oxygen atoms in total. The van der Waals surface area contributed by atoms with E-state index in [9.17, 15) is 0 Å². The molecule has 1 aliphatic carbocycles. The minimum Gasteiger partial charge on any atom is -0.366 e. The molecule has 1 fully saturated rings. The second-order valence-corrected chi connectivity index (χ2v) is 5.98. The van der Waals surface area contributed by atoms with Gasteiger partial charge in [-0.15, -0.1) is 0 Å². The van der Waals surface area contributed by atoms with Crippen molar-refractivity contribution in [1.82, 2.24) is 19.9 Å². The van der Waals surface area contributed by atoms with Gasteiger partial charge in [-0.25, -0.2) is 15.0 Å². The molecule has 1 aliphatic rings. The van der Waals surface area contributed by atoms with Crippen molar-refractivity contribution < 1.29 is 0 Å². The number of nitrogens with one attached hydrogen (secondary N) is 2. The number of H-pyrrole nitrogens is 1. The van der Waals surface area contributed by atoms with Crippen molar-refractivity contribution in [3.05, 3.63) is 59.8 Å². The molecular formula is C18H19N5. The van der Waals surface area contributed by atoms with Crippen molar-refractivity contribution in [1.29, 1.82) is 0 Å². The Morgan fingerprint density at radius 2 is 2.09 bits per heavy atom. The van der Waals surface area contributed by atoms with Gasteiger partial charge in [0.05, 0.1) is 0 Å². The molecule has 2 N–H and O–H groups in total. The summed E-state index contributed by atoms with van der Waals surface area (Å²) in [5.41, 5.74) is 3.31. The normalized spacial score (nSPS) is 14.0. The highest BCUT2D eigenvalue weighted by atomic mass is 15.0. The van der Waals surface area contributed by atoms with Crippen LogP contribution in [0.1, 0.15) is 35.8 Å². The molecule has 1 aromatic carbocycles. The van der Waals surface area contributed by atoms with Gasteiger partial charge in [0.15, 0.2) is 0 Å². The molecule has 0 radical (unpaired) electrons. The first-order valence-electron chi connectivity index (χ1n) is 7.97. The predicted molar refractivity (Wildman–Crippen MR) is 90.1 cm³/mol. The summed E-state index contributed by atoms with van der Waals surface area (Å²) < 4.78 is 0. The van der Waals surface area contributed by atoms with E-state index in [1.165, 1.54) is 18.4 Å². The van der Waals surface area contributed by atoms with Crippen LogP contribution in [0.4, 0.5) is 5.82 Å². The van der Waals surface area contributed by atoms with Gasteiger partial charge >= 0.3 is 0 Å². The molecule has 2 aromatic heterocycles. The molecule has 3 aromatic rings. The van der Waals surface area contributed by atoms with Crippen LogP contribution in [0.15, 0.2) is 42.7 Å². The van der Waals surface area contributed by atoms with Crippen LogP contribution in [0.5, 0.6) is 0 Å². The van der Waals surface area contributed by atoms with Gasteiger partial charge in [-0.1, -0.05) is 24.3 Å². The summed E-state index contributed by atoms with van der Waals surface area (Å²) in [7, 11) is 0. The summed E-state index contributed by atoms with van der Waals surface area (Å²) >= 11 is 0. The Hall–Kier alpha value is -2.69. The van der Waals surface area contributed by atoms with Crippen molar-refractivity contribution >= 4 is 5.82 Å². The maximum atomic E-state index is 4.66. The van der Waals surface area contributed by atoms with Crippen LogP contribution in [-0.2, 0) is 6.54 Å². The quantitative estimate of drug-likeness (QED) is 0.755. The Morgan fingerprint density at radius 1 is 1.22 bits per heavy atom. The lowest BCUT2D eigenvalue weighted by molar-refractivity contribution is 0.901. The SMILES string of the molecule is Cc1cc(NCc2ccccc2-c2ncc[nH]2)nc(C2CC2)n1. The average molecular weight is 305 g/mol. The zero-order valence-electron chi connectivity index (χ0n) is 13.1. The minimum atomic E-state index is 0.561. The maximum absolute atomic E-state index is 4.66. The molecule has 23 heavy (non-hydrogen) atoms. The molecule has 0 saturated heterocycles. The number of hydrogen-bond acceptors (Lipinski definition) is 4. The van der Waals surface area contributed by atoms with Crippen molar-refractivity contribution in [2.24, 2.45) is 0 Å².